The molecular formula is C13H21N3O4S. The molecule has 0 saturated heterocycles. The molecule has 1 aliphatic rings. The lowest BCUT2D eigenvalue weighted by Gasteiger charge is -2.51. The Morgan fingerprint density at radius 1 is 1.52 bits per heavy atom. The third kappa shape index (κ3) is 2.83. The van der Waals surface area contributed by atoms with Gasteiger partial charge in [-0.15, -0.1) is 0 Å². The van der Waals surface area contributed by atoms with Gasteiger partial charge in [0.2, 0.25) is 10.0 Å². The van der Waals surface area contributed by atoms with Gasteiger partial charge in [-0.05, 0) is 12.5 Å². The van der Waals surface area contributed by atoms with Crippen molar-refractivity contribution in [1.29, 1.82) is 0 Å². The number of rotatable bonds is 4. The maximum atomic E-state index is 12.3. The van der Waals surface area contributed by atoms with Gasteiger partial charge in [0.25, 0.3) is 5.91 Å². The lowest BCUT2D eigenvalue weighted by atomic mass is 9.64. The number of hydrogen-bond acceptors (Lipinski definition) is 4. The van der Waals surface area contributed by atoms with Crippen LogP contribution in [0, 0.1) is 5.41 Å². The van der Waals surface area contributed by atoms with Crippen molar-refractivity contribution in [1.82, 2.24) is 9.88 Å². The number of hydrogen-bond donors (Lipinski definition) is 2. The molecule has 1 saturated carbocycles. The number of carbonyl (C=O) groups excluding carboxylic acids is 1. The molecule has 1 amide bonds. The molecule has 2 rings (SSSR count). The maximum Gasteiger partial charge on any atom is 0.268 e. The number of aryl methyl sites for hydroxylation is 1. The number of nitrogens with two attached hydrogens (primary N) is 1. The van der Waals surface area contributed by atoms with Gasteiger partial charge in [0.05, 0.1) is 6.10 Å². The van der Waals surface area contributed by atoms with Crippen LogP contribution in [0.2, 0.25) is 0 Å². The summed E-state index contributed by atoms with van der Waals surface area (Å²) in [6.07, 6.45) is 2.17. The fourth-order valence-corrected chi connectivity index (χ4v) is 3.26. The van der Waals surface area contributed by atoms with Gasteiger partial charge in [0.1, 0.15) is 10.6 Å². The third-order valence-corrected chi connectivity index (χ3v) is 5.19. The van der Waals surface area contributed by atoms with Crippen molar-refractivity contribution in [3.8, 4) is 0 Å². The predicted octanol–water partition coefficient (Wildman–Crippen LogP) is 0.216. The molecule has 1 aromatic heterocycles. The summed E-state index contributed by atoms with van der Waals surface area (Å²) in [5.41, 5.74) is 0.105. The number of aromatic nitrogens is 1. The van der Waals surface area contributed by atoms with Gasteiger partial charge in [-0.25, -0.2) is 13.6 Å². The Morgan fingerprint density at radius 2 is 2.14 bits per heavy atom. The molecule has 0 bridgehead atoms. The van der Waals surface area contributed by atoms with Crippen molar-refractivity contribution in [2.75, 3.05) is 7.11 Å². The van der Waals surface area contributed by atoms with Crippen LogP contribution in [-0.4, -0.2) is 38.1 Å². The summed E-state index contributed by atoms with van der Waals surface area (Å²) in [5.74, 6) is -0.319. The van der Waals surface area contributed by atoms with Gasteiger partial charge in [-0.1, -0.05) is 13.8 Å². The normalized spacial score (nSPS) is 24.4. The van der Waals surface area contributed by atoms with E-state index in [-0.39, 0.29) is 34.1 Å². The van der Waals surface area contributed by atoms with Crippen molar-refractivity contribution in [2.45, 2.75) is 37.3 Å². The van der Waals surface area contributed by atoms with Crippen LogP contribution in [0.3, 0.4) is 0 Å². The van der Waals surface area contributed by atoms with E-state index in [4.69, 9.17) is 9.88 Å². The molecule has 1 aromatic rings. The molecule has 1 fully saturated rings. The highest BCUT2D eigenvalue weighted by Gasteiger charge is 2.49. The average molecular weight is 315 g/mol. The molecule has 1 heterocycles. The Kier molecular flexibility index (Phi) is 3.90. The fourth-order valence-electron chi connectivity index (χ4n) is 2.68. The van der Waals surface area contributed by atoms with Gasteiger partial charge < -0.3 is 14.6 Å². The summed E-state index contributed by atoms with van der Waals surface area (Å²) in [6.45, 7) is 4.05. The van der Waals surface area contributed by atoms with E-state index in [1.165, 1.54) is 16.8 Å². The van der Waals surface area contributed by atoms with E-state index < -0.39 is 10.0 Å². The van der Waals surface area contributed by atoms with Crippen molar-refractivity contribution in [3.05, 3.63) is 18.0 Å². The highest BCUT2D eigenvalue weighted by molar-refractivity contribution is 7.89. The molecule has 0 spiro atoms. The largest absolute Gasteiger partial charge is 0.381 e. The molecule has 21 heavy (non-hydrogen) atoms. The van der Waals surface area contributed by atoms with Crippen LogP contribution < -0.4 is 10.5 Å². The maximum absolute atomic E-state index is 12.3. The van der Waals surface area contributed by atoms with E-state index in [1.54, 1.807) is 14.2 Å². The smallest absolute Gasteiger partial charge is 0.268 e. The number of primary sulfonamides is 1. The standard InChI is InChI=1S/C13H21N3O4S/c1-13(2)10(6-11(13)20-4)15-12(17)9-5-8(7-16(9)3)21(14,18)19/h5,7,10-11H,6H2,1-4H3,(H,15,17)(H2,14,18,19). The molecule has 118 valence electrons. The van der Waals surface area contributed by atoms with Crippen molar-refractivity contribution in [3.63, 3.8) is 0 Å². The number of methoxy groups -OCH3 is 1. The number of nitrogens with zero attached hydrogens (tertiary/aromatic N) is 1. The molecule has 2 atom stereocenters. The number of sulfonamides is 1. The summed E-state index contributed by atoms with van der Waals surface area (Å²) >= 11 is 0. The summed E-state index contributed by atoms with van der Waals surface area (Å²) < 4.78 is 29.4. The van der Waals surface area contributed by atoms with E-state index in [9.17, 15) is 13.2 Å². The van der Waals surface area contributed by atoms with Gasteiger partial charge in [0, 0.05) is 31.8 Å². The monoisotopic (exact) mass is 315 g/mol. The second-order valence-corrected chi connectivity index (χ2v) is 7.59. The molecule has 0 radical (unpaired) electrons. The summed E-state index contributed by atoms with van der Waals surface area (Å²) in [7, 11) is -0.557. The molecule has 3 N–H and O–H groups in total. The van der Waals surface area contributed by atoms with Gasteiger partial charge in [-0.2, -0.15) is 0 Å². The van der Waals surface area contributed by atoms with Gasteiger partial charge in [-0.3, -0.25) is 4.79 Å². The lowest BCUT2D eigenvalue weighted by molar-refractivity contribution is -0.0942. The predicted molar refractivity (Wildman–Crippen MR) is 77.2 cm³/mol. The first-order valence-electron chi connectivity index (χ1n) is 6.60. The SMILES string of the molecule is COC1CC(NC(=O)c2cc(S(N)(=O)=O)cn2C)C1(C)C. The lowest BCUT2D eigenvalue weighted by Crippen LogP contribution is -2.61. The minimum absolute atomic E-state index is 0.0113. The van der Waals surface area contributed by atoms with E-state index in [1.807, 2.05) is 13.8 Å². The quantitative estimate of drug-likeness (QED) is 0.829. The molecule has 0 aliphatic heterocycles. The zero-order valence-corrected chi connectivity index (χ0v) is 13.4. The van der Waals surface area contributed by atoms with E-state index in [0.717, 1.165) is 6.42 Å². The Hall–Kier alpha value is -1.38. The zero-order chi connectivity index (χ0) is 16.0. The van der Waals surface area contributed by atoms with Crippen LogP contribution in [0.15, 0.2) is 17.2 Å². The van der Waals surface area contributed by atoms with Crippen LogP contribution in [-0.2, 0) is 21.8 Å². The van der Waals surface area contributed by atoms with E-state index >= 15 is 0 Å². The molecule has 8 heteroatoms. The Bertz CT molecular complexity index is 663. The topological polar surface area (TPSA) is 103 Å². The van der Waals surface area contributed by atoms with E-state index in [2.05, 4.69) is 5.32 Å². The first-order chi connectivity index (χ1) is 9.57. The van der Waals surface area contributed by atoms with E-state index in [0.29, 0.717) is 0 Å². The number of carbonyl (C=O) groups is 1. The third-order valence-electron chi connectivity index (χ3n) is 4.31. The second-order valence-electron chi connectivity index (χ2n) is 6.02. The number of amides is 1. The van der Waals surface area contributed by atoms with Crippen LogP contribution >= 0.6 is 0 Å². The van der Waals surface area contributed by atoms with Gasteiger partial charge >= 0.3 is 0 Å². The molecule has 0 aromatic carbocycles. The Labute approximate surface area is 124 Å². The fraction of sp³-hybridized carbons (Fsp3) is 0.615. The summed E-state index contributed by atoms with van der Waals surface area (Å²) in [5, 5.41) is 7.99. The van der Waals surface area contributed by atoms with Gasteiger partial charge in [0.15, 0.2) is 0 Å². The van der Waals surface area contributed by atoms with Crippen LogP contribution in [0.25, 0.3) is 0 Å². The first kappa shape index (κ1) is 16.0. The minimum atomic E-state index is -3.81. The molecule has 2 unspecified atom stereocenters. The number of nitrogens with one attached hydrogen (secondary N) is 1. The van der Waals surface area contributed by atoms with Crippen LogP contribution in [0.5, 0.6) is 0 Å². The first-order valence-corrected chi connectivity index (χ1v) is 8.15. The van der Waals surface area contributed by atoms with Crippen LogP contribution in [0.4, 0.5) is 0 Å². The van der Waals surface area contributed by atoms with Crippen LogP contribution in [0.1, 0.15) is 30.8 Å². The Balaban J connectivity index is 2.14. The molecular weight excluding hydrogens is 294 g/mol. The highest BCUT2D eigenvalue weighted by Crippen LogP contribution is 2.42. The molecule has 7 nitrogen and oxygen atoms in total. The zero-order valence-electron chi connectivity index (χ0n) is 12.6. The minimum Gasteiger partial charge on any atom is -0.381 e. The summed E-state index contributed by atoms with van der Waals surface area (Å²) in [6, 6.07) is 1.27. The van der Waals surface area contributed by atoms with Crippen molar-refractivity contribution < 1.29 is 17.9 Å². The highest BCUT2D eigenvalue weighted by atomic mass is 32.2. The number of ether oxygens (including phenoxy) is 1. The summed E-state index contributed by atoms with van der Waals surface area (Å²) in [4.78, 5) is 12.2. The average Bonchev–Trinajstić information content (AvgIpc) is 2.75. The van der Waals surface area contributed by atoms with Crippen molar-refractivity contribution in [2.24, 2.45) is 17.6 Å². The second kappa shape index (κ2) is 5.11. The Morgan fingerprint density at radius 3 is 2.57 bits per heavy atom. The molecule has 1 aliphatic carbocycles. The van der Waals surface area contributed by atoms with Crippen molar-refractivity contribution >= 4 is 15.9 Å².